The van der Waals surface area contributed by atoms with Gasteiger partial charge in [0.2, 0.25) is 5.91 Å². The van der Waals surface area contributed by atoms with E-state index in [9.17, 15) is 19.5 Å². The SMILES string of the molecule is COc1ccccc1C1OC(CC(=O)N2CCC(C(=O)O)CC2)C(=O)N(CC(C)(C)C)c2ccc(SC)cc21. The number of nitrogens with zero attached hydrogens (tertiary/aromatic N) is 2. The Morgan fingerprint density at radius 3 is 2.41 bits per heavy atom. The Labute approximate surface area is 234 Å². The first-order chi connectivity index (χ1) is 18.5. The first kappa shape index (κ1) is 29.0. The third kappa shape index (κ3) is 6.58. The van der Waals surface area contributed by atoms with Crippen LogP contribution in [0.15, 0.2) is 47.4 Å². The maximum Gasteiger partial charge on any atom is 0.306 e. The standard InChI is InChI=1S/C30H38N2O6S/c1-30(2,3)18-32-23-11-10-20(39-5)16-22(23)27(21-8-6-7-9-24(21)37-4)38-25(28(32)34)17-26(33)31-14-12-19(13-15-31)29(35)36/h6-11,16,19,25,27H,12-15,17-18H2,1-5H3,(H,35,36). The van der Waals surface area contributed by atoms with Crippen LogP contribution in [0.4, 0.5) is 5.69 Å². The number of aliphatic carboxylic acids is 1. The fourth-order valence-electron chi connectivity index (χ4n) is 5.26. The Balaban J connectivity index is 1.75. The number of carbonyl (C=O) groups excluding carboxylic acids is 2. The number of thioether (sulfide) groups is 1. The second-order valence-corrected chi connectivity index (χ2v) is 12.2. The van der Waals surface area contributed by atoms with Gasteiger partial charge in [0.15, 0.2) is 0 Å². The maximum atomic E-state index is 14.1. The molecule has 0 bridgehead atoms. The summed E-state index contributed by atoms with van der Waals surface area (Å²) in [5, 5.41) is 9.33. The summed E-state index contributed by atoms with van der Waals surface area (Å²) in [6.07, 6.45) is 1.05. The number of para-hydroxylation sites is 1. The molecule has 0 aromatic heterocycles. The molecule has 0 radical (unpaired) electrons. The predicted molar refractivity (Wildman–Crippen MR) is 151 cm³/mol. The lowest BCUT2D eigenvalue weighted by Gasteiger charge is -2.33. The van der Waals surface area contributed by atoms with E-state index in [0.29, 0.717) is 38.2 Å². The first-order valence-corrected chi connectivity index (χ1v) is 14.5. The number of amides is 2. The highest BCUT2D eigenvalue weighted by Crippen LogP contribution is 2.43. The van der Waals surface area contributed by atoms with Crippen molar-refractivity contribution in [2.45, 2.75) is 57.1 Å². The van der Waals surface area contributed by atoms with Gasteiger partial charge in [0.1, 0.15) is 18.0 Å². The summed E-state index contributed by atoms with van der Waals surface area (Å²) >= 11 is 1.61. The summed E-state index contributed by atoms with van der Waals surface area (Å²) in [5.74, 6) is -1.09. The molecule has 2 aliphatic heterocycles. The van der Waals surface area contributed by atoms with E-state index in [1.54, 1.807) is 28.7 Å². The number of fused-ring (bicyclic) bond motifs is 1. The number of carbonyl (C=O) groups is 3. The number of anilines is 1. The minimum atomic E-state index is -1.02. The molecule has 2 aromatic carbocycles. The Bertz CT molecular complexity index is 1220. The lowest BCUT2D eigenvalue weighted by atomic mass is 9.94. The highest BCUT2D eigenvalue weighted by atomic mass is 32.2. The van der Waals surface area contributed by atoms with Crippen molar-refractivity contribution in [1.29, 1.82) is 0 Å². The molecule has 0 saturated carbocycles. The number of piperidine rings is 1. The van der Waals surface area contributed by atoms with E-state index >= 15 is 0 Å². The van der Waals surface area contributed by atoms with Crippen LogP contribution in [0.1, 0.15) is 57.3 Å². The van der Waals surface area contributed by atoms with E-state index in [1.165, 1.54) is 0 Å². The van der Waals surface area contributed by atoms with Gasteiger partial charge in [-0.25, -0.2) is 0 Å². The number of ether oxygens (including phenoxy) is 2. The van der Waals surface area contributed by atoms with E-state index < -0.39 is 24.1 Å². The molecule has 8 nitrogen and oxygen atoms in total. The molecule has 2 atom stereocenters. The lowest BCUT2D eigenvalue weighted by molar-refractivity contribution is -0.148. The fraction of sp³-hybridized carbons (Fsp3) is 0.500. The molecule has 1 N–H and O–H groups in total. The minimum absolute atomic E-state index is 0.119. The van der Waals surface area contributed by atoms with E-state index in [0.717, 1.165) is 21.7 Å². The zero-order chi connectivity index (χ0) is 28.3. The molecule has 39 heavy (non-hydrogen) atoms. The molecule has 1 fully saturated rings. The molecule has 2 aromatic rings. The molecule has 2 unspecified atom stereocenters. The van der Waals surface area contributed by atoms with Crippen LogP contribution in [0, 0.1) is 11.3 Å². The summed E-state index contributed by atoms with van der Waals surface area (Å²) in [5.41, 5.74) is 2.19. The number of hydrogen-bond acceptors (Lipinski definition) is 6. The van der Waals surface area contributed by atoms with Gasteiger partial charge in [-0.3, -0.25) is 14.4 Å². The number of likely N-dealkylation sites (tertiary alicyclic amines) is 1. The van der Waals surface area contributed by atoms with Crippen LogP contribution >= 0.6 is 11.8 Å². The molecular formula is C30H38N2O6S. The van der Waals surface area contributed by atoms with Crippen molar-refractivity contribution in [3.05, 3.63) is 53.6 Å². The van der Waals surface area contributed by atoms with Crippen molar-refractivity contribution in [3.8, 4) is 5.75 Å². The summed E-state index contributed by atoms with van der Waals surface area (Å²) in [7, 11) is 1.60. The van der Waals surface area contributed by atoms with Crippen molar-refractivity contribution in [3.63, 3.8) is 0 Å². The van der Waals surface area contributed by atoms with Gasteiger partial charge in [-0.05, 0) is 48.8 Å². The van der Waals surface area contributed by atoms with Crippen molar-refractivity contribution >= 4 is 35.2 Å². The van der Waals surface area contributed by atoms with Gasteiger partial charge in [-0.1, -0.05) is 39.0 Å². The first-order valence-electron chi connectivity index (χ1n) is 13.3. The van der Waals surface area contributed by atoms with Gasteiger partial charge in [0.25, 0.3) is 5.91 Å². The molecule has 2 aliphatic rings. The zero-order valence-corrected chi connectivity index (χ0v) is 24.1. The lowest BCUT2D eigenvalue weighted by Crippen LogP contribution is -2.47. The molecule has 0 spiro atoms. The largest absolute Gasteiger partial charge is 0.496 e. The summed E-state index contributed by atoms with van der Waals surface area (Å²) in [6, 6.07) is 13.6. The van der Waals surface area contributed by atoms with E-state index in [2.05, 4.69) is 26.8 Å². The third-order valence-electron chi connectivity index (χ3n) is 7.26. The number of benzene rings is 2. The van der Waals surface area contributed by atoms with Crippen LogP contribution < -0.4 is 9.64 Å². The van der Waals surface area contributed by atoms with Crippen molar-refractivity contribution in [1.82, 2.24) is 4.90 Å². The topological polar surface area (TPSA) is 96.4 Å². The average Bonchev–Trinajstić information content (AvgIpc) is 3.02. The normalized spacial score (nSPS) is 20.4. The summed E-state index contributed by atoms with van der Waals surface area (Å²) < 4.78 is 12.3. The molecule has 210 valence electrons. The van der Waals surface area contributed by atoms with Crippen molar-refractivity contribution in [2.24, 2.45) is 11.3 Å². The highest BCUT2D eigenvalue weighted by Gasteiger charge is 2.40. The van der Waals surface area contributed by atoms with Crippen LogP contribution in [-0.4, -0.2) is 66.9 Å². The van der Waals surface area contributed by atoms with Crippen LogP contribution in [0.3, 0.4) is 0 Å². The second-order valence-electron chi connectivity index (χ2n) is 11.4. The van der Waals surface area contributed by atoms with E-state index in [1.807, 2.05) is 42.7 Å². The maximum absolute atomic E-state index is 14.1. The highest BCUT2D eigenvalue weighted by molar-refractivity contribution is 7.98. The molecule has 9 heteroatoms. The Kier molecular flexibility index (Phi) is 8.91. The van der Waals surface area contributed by atoms with Gasteiger partial charge in [-0.15, -0.1) is 11.8 Å². The summed E-state index contributed by atoms with van der Waals surface area (Å²) in [6.45, 7) is 7.39. The number of methoxy groups -OCH3 is 1. The number of carboxylic acids is 1. The van der Waals surface area contributed by atoms with Crippen molar-refractivity contribution < 1.29 is 29.0 Å². The van der Waals surface area contributed by atoms with E-state index in [-0.39, 0.29) is 23.7 Å². The number of rotatable bonds is 7. The second kappa shape index (κ2) is 12.0. The smallest absolute Gasteiger partial charge is 0.306 e. The Morgan fingerprint density at radius 2 is 1.79 bits per heavy atom. The molecule has 0 aliphatic carbocycles. The van der Waals surface area contributed by atoms with Gasteiger partial charge < -0.3 is 24.4 Å². The quantitative estimate of drug-likeness (QED) is 0.481. The predicted octanol–water partition coefficient (Wildman–Crippen LogP) is 5.00. The van der Waals surface area contributed by atoms with Crippen LogP contribution in [0.25, 0.3) is 0 Å². The third-order valence-corrected chi connectivity index (χ3v) is 7.99. The zero-order valence-electron chi connectivity index (χ0n) is 23.3. The number of carboxylic acid groups (broad SMARTS) is 1. The summed E-state index contributed by atoms with van der Waals surface area (Å²) in [4.78, 5) is 43.4. The molecule has 2 amide bonds. The van der Waals surface area contributed by atoms with Gasteiger partial charge in [-0.2, -0.15) is 0 Å². The Morgan fingerprint density at radius 1 is 1.10 bits per heavy atom. The van der Waals surface area contributed by atoms with Crippen LogP contribution in [0.2, 0.25) is 0 Å². The number of hydrogen-bond donors (Lipinski definition) is 1. The van der Waals surface area contributed by atoms with Crippen LogP contribution in [-0.2, 0) is 19.1 Å². The minimum Gasteiger partial charge on any atom is -0.496 e. The van der Waals surface area contributed by atoms with Crippen molar-refractivity contribution in [2.75, 3.05) is 37.9 Å². The van der Waals surface area contributed by atoms with Gasteiger partial charge >= 0.3 is 5.97 Å². The molecular weight excluding hydrogens is 516 g/mol. The monoisotopic (exact) mass is 554 g/mol. The Hall–Kier alpha value is -3.04. The molecule has 1 saturated heterocycles. The average molecular weight is 555 g/mol. The van der Waals surface area contributed by atoms with E-state index in [4.69, 9.17) is 9.47 Å². The fourth-order valence-corrected chi connectivity index (χ4v) is 5.71. The van der Waals surface area contributed by atoms with Gasteiger partial charge in [0.05, 0.1) is 19.4 Å². The van der Waals surface area contributed by atoms with Crippen LogP contribution in [0.5, 0.6) is 5.75 Å². The van der Waals surface area contributed by atoms with Gasteiger partial charge in [0, 0.05) is 41.3 Å². The molecule has 2 heterocycles. The molecule has 4 rings (SSSR count).